The summed E-state index contributed by atoms with van der Waals surface area (Å²) < 4.78 is 5.94. The second kappa shape index (κ2) is 8.16. The molecule has 0 saturated heterocycles. The van der Waals surface area contributed by atoms with Gasteiger partial charge in [-0.1, -0.05) is 57.0 Å². The maximum absolute atomic E-state index is 5.94. The van der Waals surface area contributed by atoms with Gasteiger partial charge in [0.25, 0.3) is 0 Å². The molecule has 0 amide bonds. The van der Waals surface area contributed by atoms with Gasteiger partial charge in [0.05, 0.1) is 12.2 Å². The Kier molecular flexibility index (Phi) is 6.85. The normalized spacial score (nSPS) is 12.2. The molecule has 1 atom stereocenters. The minimum Gasteiger partial charge on any atom is -0.493 e. The molecule has 0 aliphatic rings. The summed E-state index contributed by atoms with van der Waals surface area (Å²) in [5, 5.41) is 0. The van der Waals surface area contributed by atoms with Gasteiger partial charge in [0.1, 0.15) is 10.7 Å². The molecular weight excluding hydrogens is 254 g/mol. The maximum atomic E-state index is 5.94. The molecule has 0 spiro atoms. The minimum absolute atomic E-state index is 0.403. The van der Waals surface area contributed by atoms with E-state index in [2.05, 4.69) is 13.8 Å². The molecule has 1 unspecified atom stereocenters. The predicted octanol–water partition coefficient (Wildman–Crippen LogP) is 4.22. The van der Waals surface area contributed by atoms with E-state index in [0.29, 0.717) is 10.9 Å². The van der Waals surface area contributed by atoms with E-state index in [1.165, 1.54) is 19.3 Å². The lowest BCUT2D eigenvalue weighted by Gasteiger charge is -2.17. The highest BCUT2D eigenvalue weighted by Crippen LogP contribution is 2.22. The lowest BCUT2D eigenvalue weighted by molar-refractivity contribution is 0.233. The van der Waals surface area contributed by atoms with Crippen LogP contribution >= 0.6 is 12.2 Å². The van der Waals surface area contributed by atoms with Crippen LogP contribution in [0, 0.1) is 12.8 Å². The van der Waals surface area contributed by atoms with E-state index in [4.69, 9.17) is 22.7 Å². The average molecular weight is 279 g/mol. The molecule has 19 heavy (non-hydrogen) atoms. The fourth-order valence-corrected chi connectivity index (χ4v) is 2.23. The van der Waals surface area contributed by atoms with E-state index < -0.39 is 0 Å². The molecule has 2 N–H and O–H groups in total. The largest absolute Gasteiger partial charge is 0.493 e. The highest BCUT2D eigenvalue weighted by Gasteiger charge is 2.10. The molecule has 0 heterocycles. The Balaban J connectivity index is 2.68. The zero-order valence-corrected chi connectivity index (χ0v) is 13.1. The Morgan fingerprint density at radius 2 is 2.11 bits per heavy atom. The van der Waals surface area contributed by atoms with Crippen molar-refractivity contribution >= 4 is 17.2 Å². The molecule has 0 radical (unpaired) electrons. The van der Waals surface area contributed by atoms with Crippen LogP contribution in [0.1, 0.15) is 50.7 Å². The van der Waals surface area contributed by atoms with Crippen molar-refractivity contribution in [1.82, 2.24) is 0 Å². The Labute approximate surface area is 122 Å². The lowest BCUT2D eigenvalue weighted by Crippen LogP contribution is -2.16. The minimum atomic E-state index is 0.403. The van der Waals surface area contributed by atoms with Gasteiger partial charge >= 0.3 is 0 Å². The van der Waals surface area contributed by atoms with Crippen molar-refractivity contribution in [2.24, 2.45) is 11.7 Å². The van der Waals surface area contributed by atoms with E-state index in [0.717, 1.165) is 29.9 Å². The van der Waals surface area contributed by atoms with Crippen molar-refractivity contribution in [3.05, 3.63) is 29.3 Å². The molecule has 3 heteroatoms. The summed E-state index contributed by atoms with van der Waals surface area (Å²) >= 11 is 5.09. The summed E-state index contributed by atoms with van der Waals surface area (Å²) in [5.41, 5.74) is 7.75. The smallest absolute Gasteiger partial charge is 0.129 e. The molecule has 1 rings (SSSR count). The summed E-state index contributed by atoms with van der Waals surface area (Å²) in [4.78, 5) is 0.403. The Morgan fingerprint density at radius 3 is 2.68 bits per heavy atom. The Hall–Kier alpha value is -1.09. The highest BCUT2D eigenvalue weighted by atomic mass is 32.1. The van der Waals surface area contributed by atoms with Gasteiger partial charge in [0.2, 0.25) is 0 Å². The van der Waals surface area contributed by atoms with Crippen LogP contribution in [0.3, 0.4) is 0 Å². The van der Waals surface area contributed by atoms with Gasteiger partial charge in [-0.25, -0.2) is 0 Å². The van der Waals surface area contributed by atoms with Crippen molar-refractivity contribution in [3.8, 4) is 5.75 Å². The number of thiocarbonyl (C=S) groups is 1. The van der Waals surface area contributed by atoms with Crippen LogP contribution in [0.25, 0.3) is 0 Å². The van der Waals surface area contributed by atoms with E-state index in [1.54, 1.807) is 0 Å². The van der Waals surface area contributed by atoms with Crippen molar-refractivity contribution in [1.29, 1.82) is 0 Å². The molecule has 0 aliphatic heterocycles. The van der Waals surface area contributed by atoms with Crippen LogP contribution in [0.15, 0.2) is 18.2 Å². The summed E-state index contributed by atoms with van der Waals surface area (Å²) in [6.07, 6.45) is 4.87. The number of ether oxygens (including phenoxy) is 1. The molecular formula is C16H25NOS. The van der Waals surface area contributed by atoms with E-state index >= 15 is 0 Å². The first kappa shape index (κ1) is 16.0. The fourth-order valence-electron chi connectivity index (χ4n) is 2.07. The second-order valence-electron chi connectivity index (χ2n) is 5.09. The van der Waals surface area contributed by atoms with Crippen LogP contribution in [-0.2, 0) is 0 Å². The molecule has 1 aromatic rings. The van der Waals surface area contributed by atoms with Crippen LogP contribution < -0.4 is 10.5 Å². The van der Waals surface area contributed by atoms with Crippen molar-refractivity contribution in [2.75, 3.05) is 6.61 Å². The molecule has 106 valence electrons. The van der Waals surface area contributed by atoms with Crippen LogP contribution in [0.5, 0.6) is 5.75 Å². The van der Waals surface area contributed by atoms with Gasteiger partial charge in [0.15, 0.2) is 0 Å². The third-order valence-corrected chi connectivity index (χ3v) is 3.64. The van der Waals surface area contributed by atoms with Crippen molar-refractivity contribution in [2.45, 2.75) is 46.5 Å². The number of rotatable bonds is 8. The first-order chi connectivity index (χ1) is 9.08. The molecule has 0 aliphatic carbocycles. The molecule has 0 aromatic heterocycles. The predicted molar refractivity (Wildman–Crippen MR) is 85.9 cm³/mol. The fraction of sp³-hybridized carbons (Fsp3) is 0.562. The topological polar surface area (TPSA) is 35.2 Å². The third-order valence-electron chi connectivity index (χ3n) is 3.42. The standard InChI is InChI=1S/C16H25NOS/c1-4-6-7-13(5-2)11-18-15-9-8-12(3)10-14(15)16(17)19/h8-10,13H,4-7,11H2,1-3H3,(H2,17,19). The molecule has 1 aromatic carbocycles. The average Bonchev–Trinajstić information content (AvgIpc) is 2.40. The molecule has 2 nitrogen and oxygen atoms in total. The number of hydrogen-bond acceptors (Lipinski definition) is 2. The zero-order chi connectivity index (χ0) is 14.3. The maximum Gasteiger partial charge on any atom is 0.129 e. The summed E-state index contributed by atoms with van der Waals surface area (Å²) in [6.45, 7) is 7.21. The summed E-state index contributed by atoms with van der Waals surface area (Å²) in [5.74, 6) is 1.42. The molecule has 0 saturated carbocycles. The van der Waals surface area contributed by atoms with Gasteiger partial charge in [-0.2, -0.15) is 0 Å². The number of hydrogen-bond donors (Lipinski definition) is 1. The van der Waals surface area contributed by atoms with E-state index in [9.17, 15) is 0 Å². The Bertz CT molecular complexity index is 417. The highest BCUT2D eigenvalue weighted by molar-refractivity contribution is 7.80. The van der Waals surface area contributed by atoms with Crippen molar-refractivity contribution < 1.29 is 4.74 Å². The van der Waals surface area contributed by atoms with E-state index in [1.807, 2.05) is 25.1 Å². The van der Waals surface area contributed by atoms with Crippen molar-refractivity contribution in [3.63, 3.8) is 0 Å². The van der Waals surface area contributed by atoms with Gasteiger partial charge in [-0.15, -0.1) is 0 Å². The summed E-state index contributed by atoms with van der Waals surface area (Å²) in [6, 6.07) is 5.99. The Morgan fingerprint density at radius 1 is 1.37 bits per heavy atom. The second-order valence-corrected chi connectivity index (χ2v) is 5.53. The first-order valence-electron chi connectivity index (χ1n) is 7.11. The number of unbranched alkanes of at least 4 members (excludes halogenated alkanes) is 1. The molecule has 0 bridgehead atoms. The number of benzene rings is 1. The van der Waals surface area contributed by atoms with Crippen LogP contribution in [0.4, 0.5) is 0 Å². The number of nitrogens with two attached hydrogens (primary N) is 1. The first-order valence-corrected chi connectivity index (χ1v) is 7.52. The number of aryl methyl sites for hydroxylation is 1. The van der Waals surface area contributed by atoms with Crippen LogP contribution in [0.2, 0.25) is 0 Å². The quantitative estimate of drug-likeness (QED) is 0.723. The summed E-state index contributed by atoms with van der Waals surface area (Å²) in [7, 11) is 0. The van der Waals surface area contributed by atoms with E-state index in [-0.39, 0.29) is 0 Å². The van der Waals surface area contributed by atoms with Gasteiger partial charge < -0.3 is 10.5 Å². The van der Waals surface area contributed by atoms with Crippen LogP contribution in [-0.4, -0.2) is 11.6 Å². The SMILES string of the molecule is CCCCC(CC)COc1ccc(C)cc1C(N)=S. The van der Waals surface area contributed by atoms with Gasteiger partial charge in [0, 0.05) is 0 Å². The molecule has 0 fully saturated rings. The monoisotopic (exact) mass is 279 g/mol. The van der Waals surface area contributed by atoms with Gasteiger partial charge in [-0.05, 0) is 31.4 Å². The lowest BCUT2D eigenvalue weighted by atomic mass is 10.0. The zero-order valence-electron chi connectivity index (χ0n) is 12.2. The third kappa shape index (κ3) is 5.19. The van der Waals surface area contributed by atoms with Gasteiger partial charge in [-0.3, -0.25) is 0 Å².